The second kappa shape index (κ2) is 7.21. The van der Waals surface area contributed by atoms with Gasteiger partial charge in [0.2, 0.25) is 0 Å². The number of pyridine rings is 1. The molecule has 0 fully saturated rings. The largest absolute Gasteiger partial charge is 0.494 e. The molecule has 0 bridgehead atoms. The number of benzene rings is 2. The average Bonchev–Trinajstić information content (AvgIpc) is 2.63. The molecule has 0 radical (unpaired) electrons. The lowest BCUT2D eigenvalue weighted by Crippen LogP contribution is -2.05. The van der Waals surface area contributed by atoms with E-state index in [1.807, 2.05) is 43.3 Å². The van der Waals surface area contributed by atoms with Gasteiger partial charge in [-0.1, -0.05) is 35.5 Å². The number of ether oxygens (including phenoxy) is 1. The Balaban J connectivity index is 2.26. The number of hydrogen-bond donors (Lipinski definition) is 1. The van der Waals surface area contributed by atoms with Crippen LogP contribution in [0.2, 0.25) is 0 Å². The Labute approximate surface area is 147 Å². The summed E-state index contributed by atoms with van der Waals surface area (Å²) >= 11 is 0. The van der Waals surface area contributed by atoms with Crippen LogP contribution >= 0.6 is 0 Å². The molecule has 3 aromatic rings. The summed E-state index contributed by atoms with van der Waals surface area (Å²) in [5.41, 5.74) is 5.54. The highest BCUT2D eigenvalue weighted by Crippen LogP contribution is 2.34. The minimum atomic E-state index is 0.734. The Morgan fingerprint density at radius 1 is 1.08 bits per heavy atom. The zero-order valence-electron chi connectivity index (χ0n) is 14.8. The molecule has 0 aliphatic carbocycles. The van der Waals surface area contributed by atoms with Crippen molar-refractivity contribution in [3.63, 3.8) is 0 Å². The molecular weight excluding hydrogens is 314 g/mol. The van der Waals surface area contributed by atoms with Gasteiger partial charge in [0.05, 0.1) is 18.5 Å². The summed E-state index contributed by atoms with van der Waals surface area (Å²) in [6.45, 7) is 3.97. The molecule has 5 nitrogen and oxygen atoms in total. The topological polar surface area (TPSA) is 55.7 Å². The van der Waals surface area contributed by atoms with E-state index in [0.29, 0.717) is 0 Å². The molecule has 0 aliphatic rings. The molecule has 1 aromatic heterocycles. The first-order chi connectivity index (χ1) is 12.2. The van der Waals surface area contributed by atoms with Crippen LogP contribution in [0.4, 0.5) is 11.4 Å². The summed E-state index contributed by atoms with van der Waals surface area (Å²) in [6, 6.07) is 14.0. The van der Waals surface area contributed by atoms with E-state index in [1.54, 1.807) is 13.3 Å². The molecule has 1 heterocycles. The number of oxime groups is 1. The lowest BCUT2D eigenvalue weighted by atomic mass is 10.0. The third-order valence-corrected chi connectivity index (χ3v) is 4.10. The van der Waals surface area contributed by atoms with Crippen LogP contribution in [-0.2, 0) is 4.84 Å². The zero-order valence-corrected chi connectivity index (χ0v) is 14.8. The standard InChI is InChI=1S/C20H21N3O2/c1-13-8-5-6-10-17(13)22-19-15-9-7-11-18(24-3)20(15)21-12-16(19)14(2)23-25-4/h5-12H,1-4H3,(H,21,22)/b23-14+. The Bertz CT molecular complexity index is 935. The number of aryl methyl sites for hydroxylation is 1. The predicted molar refractivity (Wildman–Crippen MR) is 102 cm³/mol. The first-order valence-electron chi connectivity index (χ1n) is 8.02. The molecule has 0 spiro atoms. The number of methoxy groups -OCH3 is 1. The Kier molecular flexibility index (Phi) is 4.84. The van der Waals surface area contributed by atoms with Crippen LogP contribution < -0.4 is 10.1 Å². The Morgan fingerprint density at radius 3 is 2.60 bits per heavy atom. The van der Waals surface area contributed by atoms with E-state index in [0.717, 1.165) is 44.9 Å². The lowest BCUT2D eigenvalue weighted by molar-refractivity contribution is 0.213. The van der Waals surface area contributed by atoms with Crippen LogP contribution in [0, 0.1) is 6.92 Å². The van der Waals surface area contributed by atoms with E-state index in [1.165, 1.54) is 7.11 Å². The van der Waals surface area contributed by atoms with E-state index in [-0.39, 0.29) is 0 Å². The molecule has 0 saturated heterocycles. The molecule has 1 N–H and O–H groups in total. The van der Waals surface area contributed by atoms with Crippen molar-refractivity contribution < 1.29 is 9.57 Å². The van der Waals surface area contributed by atoms with E-state index < -0.39 is 0 Å². The molecule has 25 heavy (non-hydrogen) atoms. The summed E-state index contributed by atoms with van der Waals surface area (Å²) in [6.07, 6.45) is 1.79. The molecule has 0 atom stereocenters. The van der Waals surface area contributed by atoms with Crippen LogP contribution in [0.25, 0.3) is 10.9 Å². The lowest BCUT2D eigenvalue weighted by Gasteiger charge is -2.17. The summed E-state index contributed by atoms with van der Waals surface area (Å²) in [5, 5.41) is 8.58. The van der Waals surface area contributed by atoms with Crippen molar-refractivity contribution in [2.45, 2.75) is 13.8 Å². The number of nitrogens with one attached hydrogen (secondary N) is 1. The first kappa shape index (κ1) is 16.8. The predicted octanol–water partition coefficient (Wildman–Crippen LogP) is 4.67. The minimum Gasteiger partial charge on any atom is -0.494 e. The van der Waals surface area contributed by atoms with Gasteiger partial charge in [-0.05, 0) is 31.5 Å². The summed E-state index contributed by atoms with van der Waals surface area (Å²) in [7, 11) is 3.19. The van der Waals surface area contributed by atoms with Gasteiger partial charge in [-0.3, -0.25) is 4.98 Å². The van der Waals surface area contributed by atoms with Crippen molar-refractivity contribution >= 4 is 28.0 Å². The minimum absolute atomic E-state index is 0.734. The Morgan fingerprint density at radius 2 is 1.88 bits per heavy atom. The number of anilines is 2. The number of nitrogens with zero attached hydrogens (tertiary/aromatic N) is 2. The number of rotatable bonds is 5. The van der Waals surface area contributed by atoms with Crippen LogP contribution in [0.5, 0.6) is 5.75 Å². The molecular formula is C20H21N3O2. The first-order valence-corrected chi connectivity index (χ1v) is 8.02. The molecule has 0 amide bonds. The van der Waals surface area contributed by atoms with Gasteiger partial charge in [0.15, 0.2) is 0 Å². The van der Waals surface area contributed by atoms with Crippen molar-refractivity contribution in [1.29, 1.82) is 0 Å². The number of aromatic nitrogens is 1. The smallest absolute Gasteiger partial charge is 0.145 e. The summed E-state index contributed by atoms with van der Waals surface area (Å²) < 4.78 is 5.46. The normalized spacial score (nSPS) is 11.4. The molecule has 5 heteroatoms. The van der Waals surface area contributed by atoms with Crippen LogP contribution in [0.3, 0.4) is 0 Å². The molecule has 0 aliphatic heterocycles. The fraction of sp³-hybridized carbons (Fsp3) is 0.200. The van der Waals surface area contributed by atoms with Gasteiger partial charge in [-0.15, -0.1) is 0 Å². The maximum Gasteiger partial charge on any atom is 0.145 e. The van der Waals surface area contributed by atoms with Gasteiger partial charge in [0.1, 0.15) is 18.4 Å². The van der Waals surface area contributed by atoms with Crippen molar-refractivity contribution in [2.24, 2.45) is 5.16 Å². The number of para-hydroxylation sites is 2. The van der Waals surface area contributed by atoms with E-state index in [9.17, 15) is 0 Å². The number of hydrogen-bond acceptors (Lipinski definition) is 5. The van der Waals surface area contributed by atoms with Gasteiger partial charge in [0.25, 0.3) is 0 Å². The van der Waals surface area contributed by atoms with E-state index in [4.69, 9.17) is 9.57 Å². The van der Waals surface area contributed by atoms with Crippen molar-refractivity contribution in [3.8, 4) is 5.75 Å². The maximum atomic E-state index is 5.46. The van der Waals surface area contributed by atoms with E-state index in [2.05, 4.69) is 28.4 Å². The molecule has 3 rings (SSSR count). The highest BCUT2D eigenvalue weighted by atomic mass is 16.6. The monoisotopic (exact) mass is 335 g/mol. The third kappa shape index (κ3) is 3.26. The molecule has 128 valence electrons. The van der Waals surface area contributed by atoms with Crippen LogP contribution in [0.1, 0.15) is 18.1 Å². The highest BCUT2D eigenvalue weighted by molar-refractivity contribution is 6.11. The van der Waals surface area contributed by atoms with Crippen molar-refractivity contribution in [2.75, 3.05) is 19.5 Å². The zero-order chi connectivity index (χ0) is 17.8. The van der Waals surface area contributed by atoms with Crippen LogP contribution in [0.15, 0.2) is 53.8 Å². The van der Waals surface area contributed by atoms with Gasteiger partial charge in [-0.25, -0.2) is 0 Å². The highest BCUT2D eigenvalue weighted by Gasteiger charge is 2.15. The fourth-order valence-electron chi connectivity index (χ4n) is 2.80. The second-order valence-corrected chi connectivity index (χ2v) is 5.70. The summed E-state index contributed by atoms with van der Waals surface area (Å²) in [4.78, 5) is 9.53. The SMILES string of the molecule is CO/N=C(\C)c1cnc2c(OC)cccc2c1Nc1ccccc1C. The molecule has 0 saturated carbocycles. The van der Waals surface area contributed by atoms with Gasteiger partial charge in [-0.2, -0.15) is 0 Å². The average molecular weight is 335 g/mol. The second-order valence-electron chi connectivity index (χ2n) is 5.70. The van der Waals surface area contributed by atoms with Gasteiger partial charge in [0, 0.05) is 22.8 Å². The van der Waals surface area contributed by atoms with Crippen LogP contribution in [-0.4, -0.2) is 24.9 Å². The fourth-order valence-corrected chi connectivity index (χ4v) is 2.80. The maximum absolute atomic E-state index is 5.46. The van der Waals surface area contributed by atoms with Gasteiger partial charge >= 0.3 is 0 Å². The van der Waals surface area contributed by atoms with E-state index >= 15 is 0 Å². The van der Waals surface area contributed by atoms with Crippen molar-refractivity contribution in [3.05, 3.63) is 59.8 Å². The summed E-state index contributed by atoms with van der Waals surface area (Å²) in [5.74, 6) is 0.734. The third-order valence-electron chi connectivity index (χ3n) is 4.10. The van der Waals surface area contributed by atoms with Crippen molar-refractivity contribution in [1.82, 2.24) is 4.98 Å². The molecule has 2 aromatic carbocycles. The Hall–Kier alpha value is -3.08. The molecule has 0 unspecified atom stereocenters. The quantitative estimate of drug-likeness (QED) is 0.544. The van der Waals surface area contributed by atoms with Gasteiger partial charge < -0.3 is 14.9 Å². The number of fused-ring (bicyclic) bond motifs is 1.